The summed E-state index contributed by atoms with van der Waals surface area (Å²) in [6.45, 7) is 1.65. The predicted octanol–water partition coefficient (Wildman–Crippen LogP) is 1.11. The van der Waals surface area contributed by atoms with Gasteiger partial charge in [0.15, 0.2) is 11.6 Å². The van der Waals surface area contributed by atoms with Gasteiger partial charge in [-0.05, 0) is 31.5 Å². The van der Waals surface area contributed by atoms with Gasteiger partial charge in [0.1, 0.15) is 0 Å². The van der Waals surface area contributed by atoms with E-state index in [4.69, 9.17) is 0 Å². The highest BCUT2D eigenvalue weighted by atomic mass is 32.2. The summed E-state index contributed by atoms with van der Waals surface area (Å²) in [5, 5.41) is 9.73. The minimum absolute atomic E-state index is 0.0473. The minimum atomic E-state index is -3.88. The molecule has 1 saturated heterocycles. The van der Waals surface area contributed by atoms with Crippen LogP contribution in [0.4, 0.5) is 8.78 Å². The molecule has 0 bridgehead atoms. The van der Waals surface area contributed by atoms with Crippen LogP contribution >= 0.6 is 0 Å². The highest BCUT2D eigenvalue weighted by Crippen LogP contribution is 2.27. The zero-order valence-corrected chi connectivity index (χ0v) is 10.5. The first kappa shape index (κ1) is 13.4. The Bertz CT molecular complexity index is 572. The lowest BCUT2D eigenvalue weighted by atomic mass is 10.1. The maximum absolute atomic E-state index is 13.0. The number of nitrogens with zero attached hydrogens (tertiary/aromatic N) is 1. The van der Waals surface area contributed by atoms with Gasteiger partial charge in [-0.1, -0.05) is 0 Å². The van der Waals surface area contributed by atoms with Gasteiger partial charge in [-0.15, -0.1) is 0 Å². The number of hydrogen-bond acceptors (Lipinski definition) is 3. The van der Waals surface area contributed by atoms with Gasteiger partial charge in [-0.3, -0.25) is 0 Å². The highest BCUT2D eigenvalue weighted by Gasteiger charge is 2.38. The Hall–Kier alpha value is -1.05. The molecular weight excluding hydrogens is 264 g/mol. The summed E-state index contributed by atoms with van der Waals surface area (Å²) in [6.07, 6.45) is 0.315. The Kier molecular flexibility index (Phi) is 3.16. The quantitative estimate of drug-likeness (QED) is 0.881. The molecule has 2 rings (SSSR count). The van der Waals surface area contributed by atoms with Crippen molar-refractivity contribution in [3.8, 4) is 0 Å². The van der Waals surface area contributed by atoms with Crippen molar-refractivity contribution in [3.05, 3.63) is 29.8 Å². The van der Waals surface area contributed by atoms with E-state index in [0.29, 0.717) is 12.5 Å². The molecule has 0 aromatic heterocycles. The van der Waals surface area contributed by atoms with Gasteiger partial charge in [0.2, 0.25) is 10.0 Å². The van der Waals surface area contributed by atoms with Crippen LogP contribution < -0.4 is 0 Å². The SMILES string of the molecule is CC1(O)CCN(S(=O)(=O)c2ccc(F)c(F)c2)C1. The third-order valence-electron chi connectivity index (χ3n) is 2.95. The van der Waals surface area contributed by atoms with Gasteiger partial charge >= 0.3 is 0 Å². The highest BCUT2D eigenvalue weighted by molar-refractivity contribution is 7.89. The van der Waals surface area contributed by atoms with Crippen molar-refractivity contribution in [1.29, 1.82) is 0 Å². The molecule has 0 amide bonds. The maximum Gasteiger partial charge on any atom is 0.243 e. The van der Waals surface area contributed by atoms with Gasteiger partial charge in [-0.2, -0.15) is 4.31 Å². The Labute approximate surface area is 104 Å². The Morgan fingerprint density at radius 3 is 2.50 bits per heavy atom. The molecule has 1 aliphatic rings. The molecule has 0 aliphatic carbocycles. The van der Waals surface area contributed by atoms with Crippen molar-refractivity contribution in [3.63, 3.8) is 0 Å². The van der Waals surface area contributed by atoms with Crippen LogP contribution in [0.1, 0.15) is 13.3 Å². The van der Waals surface area contributed by atoms with Crippen molar-refractivity contribution >= 4 is 10.0 Å². The number of halogens is 2. The van der Waals surface area contributed by atoms with Gasteiger partial charge in [0.25, 0.3) is 0 Å². The number of hydrogen-bond donors (Lipinski definition) is 1. The molecule has 1 atom stereocenters. The average molecular weight is 277 g/mol. The number of sulfonamides is 1. The van der Waals surface area contributed by atoms with Gasteiger partial charge < -0.3 is 5.11 Å². The monoisotopic (exact) mass is 277 g/mol. The van der Waals surface area contributed by atoms with E-state index < -0.39 is 27.3 Å². The fourth-order valence-corrected chi connectivity index (χ4v) is 3.47. The van der Waals surface area contributed by atoms with E-state index in [2.05, 4.69) is 0 Å². The maximum atomic E-state index is 13.0. The lowest BCUT2D eigenvalue weighted by molar-refractivity contribution is 0.0762. The smallest absolute Gasteiger partial charge is 0.243 e. The average Bonchev–Trinajstić information content (AvgIpc) is 2.63. The summed E-state index contributed by atoms with van der Waals surface area (Å²) >= 11 is 0. The molecule has 100 valence electrons. The normalized spacial score (nSPS) is 25.6. The summed E-state index contributed by atoms with van der Waals surface area (Å²) in [7, 11) is -3.88. The molecular formula is C11H13F2NO3S. The second-order valence-corrected chi connectivity index (χ2v) is 6.60. The van der Waals surface area contributed by atoms with Crippen molar-refractivity contribution in [2.45, 2.75) is 23.8 Å². The first-order valence-electron chi connectivity index (χ1n) is 5.40. The Morgan fingerprint density at radius 2 is 2.00 bits per heavy atom. The van der Waals surface area contributed by atoms with Crippen LogP contribution in [-0.2, 0) is 10.0 Å². The summed E-state index contributed by atoms with van der Waals surface area (Å²) in [6, 6.07) is 2.44. The standard InChI is InChI=1S/C11H13F2NO3S/c1-11(15)4-5-14(7-11)18(16,17)8-2-3-9(12)10(13)6-8/h2-3,6,15H,4-5,7H2,1H3. The molecule has 7 heteroatoms. The molecule has 1 aromatic carbocycles. The lowest BCUT2D eigenvalue weighted by Gasteiger charge is -2.18. The van der Waals surface area contributed by atoms with E-state index in [1.54, 1.807) is 0 Å². The molecule has 1 unspecified atom stereocenters. The largest absolute Gasteiger partial charge is 0.389 e. The minimum Gasteiger partial charge on any atom is -0.389 e. The molecule has 18 heavy (non-hydrogen) atoms. The van der Waals surface area contributed by atoms with Crippen LogP contribution in [-0.4, -0.2) is 36.5 Å². The molecule has 1 aliphatic heterocycles. The van der Waals surface area contributed by atoms with Gasteiger partial charge in [0, 0.05) is 13.1 Å². The molecule has 1 N–H and O–H groups in total. The van der Waals surface area contributed by atoms with Crippen molar-refractivity contribution < 1.29 is 22.3 Å². The van der Waals surface area contributed by atoms with Crippen LogP contribution in [0.2, 0.25) is 0 Å². The first-order valence-corrected chi connectivity index (χ1v) is 6.84. The fourth-order valence-electron chi connectivity index (χ4n) is 1.90. The molecule has 1 fully saturated rings. The van der Waals surface area contributed by atoms with Gasteiger partial charge in [0.05, 0.1) is 10.5 Å². The first-order chi connectivity index (χ1) is 8.22. The van der Waals surface area contributed by atoms with Crippen LogP contribution in [0.5, 0.6) is 0 Å². The summed E-state index contributed by atoms with van der Waals surface area (Å²) in [5.74, 6) is -2.30. The van der Waals surface area contributed by atoms with Crippen molar-refractivity contribution in [1.82, 2.24) is 4.31 Å². The van der Waals surface area contributed by atoms with Crippen molar-refractivity contribution in [2.75, 3.05) is 13.1 Å². The molecule has 0 spiro atoms. The summed E-state index contributed by atoms with van der Waals surface area (Å²) in [5.41, 5.74) is -1.08. The number of β-amino-alcohol motifs (C(OH)–C–C–N with tert-alkyl or cyclic N) is 1. The number of benzene rings is 1. The number of aliphatic hydroxyl groups is 1. The zero-order chi connectivity index (χ0) is 13.6. The third-order valence-corrected chi connectivity index (χ3v) is 4.79. The van der Waals surface area contributed by atoms with E-state index in [9.17, 15) is 22.3 Å². The summed E-state index contributed by atoms with van der Waals surface area (Å²) < 4.78 is 51.1. The van der Waals surface area contributed by atoms with E-state index in [1.807, 2.05) is 0 Å². The zero-order valence-electron chi connectivity index (χ0n) is 9.73. The fraction of sp³-hybridized carbons (Fsp3) is 0.455. The van der Waals surface area contributed by atoms with Crippen molar-refractivity contribution in [2.24, 2.45) is 0 Å². The Morgan fingerprint density at radius 1 is 1.33 bits per heavy atom. The van der Waals surface area contributed by atoms with Crippen LogP contribution in [0.3, 0.4) is 0 Å². The second kappa shape index (κ2) is 4.25. The Balaban J connectivity index is 2.34. The second-order valence-electron chi connectivity index (χ2n) is 4.66. The van der Waals surface area contributed by atoms with Crippen LogP contribution in [0.15, 0.2) is 23.1 Å². The van der Waals surface area contributed by atoms with E-state index in [1.165, 1.54) is 6.92 Å². The van der Waals surface area contributed by atoms with Crippen LogP contribution in [0.25, 0.3) is 0 Å². The topological polar surface area (TPSA) is 57.6 Å². The van der Waals surface area contributed by atoms with E-state index in [0.717, 1.165) is 16.4 Å². The van der Waals surface area contributed by atoms with E-state index in [-0.39, 0.29) is 18.0 Å². The van der Waals surface area contributed by atoms with Gasteiger partial charge in [-0.25, -0.2) is 17.2 Å². The molecule has 4 nitrogen and oxygen atoms in total. The molecule has 0 radical (unpaired) electrons. The third kappa shape index (κ3) is 2.38. The molecule has 1 aromatic rings. The molecule has 1 heterocycles. The lowest BCUT2D eigenvalue weighted by Crippen LogP contribution is -2.34. The van der Waals surface area contributed by atoms with E-state index >= 15 is 0 Å². The molecule has 0 saturated carbocycles. The van der Waals surface area contributed by atoms with Crippen LogP contribution in [0, 0.1) is 11.6 Å². The predicted molar refractivity (Wildman–Crippen MR) is 60.4 cm³/mol. The summed E-state index contributed by atoms with van der Waals surface area (Å²) in [4.78, 5) is -0.306. The number of rotatable bonds is 2.